The van der Waals surface area contributed by atoms with E-state index in [0.29, 0.717) is 18.0 Å². The maximum Gasteiger partial charge on any atom is 0.264 e. The number of benzene rings is 3. The van der Waals surface area contributed by atoms with Crippen molar-refractivity contribution in [3.05, 3.63) is 101 Å². The van der Waals surface area contributed by atoms with Gasteiger partial charge < -0.3 is 4.74 Å². The van der Waals surface area contributed by atoms with Crippen molar-refractivity contribution in [2.45, 2.75) is 37.7 Å². The van der Waals surface area contributed by atoms with Crippen molar-refractivity contribution in [1.29, 1.82) is 0 Å². The van der Waals surface area contributed by atoms with Gasteiger partial charge in [-0.1, -0.05) is 54.6 Å². The molecule has 2 heterocycles. The molecule has 0 amide bonds. The van der Waals surface area contributed by atoms with E-state index in [4.69, 9.17) is 4.74 Å². The molecule has 0 unspecified atom stereocenters. The van der Waals surface area contributed by atoms with Gasteiger partial charge in [0.15, 0.2) is 0 Å². The van der Waals surface area contributed by atoms with Crippen LogP contribution in [0.1, 0.15) is 33.9 Å². The molecule has 2 atom stereocenters. The number of hydrogen-bond donors (Lipinski definition) is 1. The van der Waals surface area contributed by atoms with E-state index in [2.05, 4.69) is 26.8 Å². The van der Waals surface area contributed by atoms with Crippen LogP contribution in [0.25, 0.3) is 11.3 Å². The van der Waals surface area contributed by atoms with E-state index >= 15 is 0 Å². The summed E-state index contributed by atoms with van der Waals surface area (Å²) in [4.78, 5) is 9.30. The summed E-state index contributed by atoms with van der Waals surface area (Å²) in [5.41, 5.74) is 7.02. The highest BCUT2D eigenvalue weighted by atomic mass is 32.2. The molecular weight excluding hydrogens is 458 g/mol. The Hall–Kier alpha value is -3.71. The molecule has 0 fully saturated rings. The van der Waals surface area contributed by atoms with Crippen LogP contribution in [0, 0.1) is 19.8 Å². The van der Waals surface area contributed by atoms with Crippen molar-refractivity contribution in [1.82, 2.24) is 9.97 Å². The third kappa shape index (κ3) is 3.96. The second kappa shape index (κ2) is 8.20. The Morgan fingerprint density at radius 3 is 2.49 bits per heavy atom. The average Bonchev–Trinajstić information content (AvgIpc) is 3.15. The molecule has 6 nitrogen and oxygen atoms in total. The Morgan fingerprint density at radius 1 is 0.886 bits per heavy atom. The van der Waals surface area contributed by atoms with Crippen LogP contribution < -0.4 is 9.46 Å². The van der Waals surface area contributed by atoms with Gasteiger partial charge >= 0.3 is 0 Å². The molecule has 2 aliphatic rings. The summed E-state index contributed by atoms with van der Waals surface area (Å²) in [5.74, 6) is 0.500. The molecule has 1 N–H and O–H groups in total. The molecule has 176 valence electrons. The molecule has 4 bridgehead atoms. The van der Waals surface area contributed by atoms with Gasteiger partial charge in [-0.15, -0.1) is 0 Å². The van der Waals surface area contributed by atoms with E-state index in [1.165, 1.54) is 5.56 Å². The largest absolute Gasteiger partial charge is 0.469 e. The fourth-order valence-electron chi connectivity index (χ4n) is 5.31. The van der Waals surface area contributed by atoms with Gasteiger partial charge in [0.25, 0.3) is 10.0 Å². The number of aryl methyl sites for hydroxylation is 2. The van der Waals surface area contributed by atoms with Gasteiger partial charge in [0, 0.05) is 17.5 Å². The average molecular weight is 484 g/mol. The Bertz CT molecular complexity index is 1550. The molecule has 0 saturated heterocycles. The summed E-state index contributed by atoms with van der Waals surface area (Å²) in [6.07, 6.45) is 1.36. The van der Waals surface area contributed by atoms with E-state index in [1.807, 2.05) is 56.3 Å². The SMILES string of the molecule is Cc1cccc(C)c1-c1cc2nc(n1)NS(=O)(=O)c1cccc(c1)C[C@@H]1Cc3ccccc3[C@@H]1O2. The van der Waals surface area contributed by atoms with Gasteiger partial charge in [0.1, 0.15) is 6.10 Å². The molecular formula is C28H25N3O3S. The first-order chi connectivity index (χ1) is 16.9. The van der Waals surface area contributed by atoms with Gasteiger partial charge in [0.05, 0.1) is 10.6 Å². The van der Waals surface area contributed by atoms with Gasteiger partial charge in [-0.05, 0) is 66.6 Å². The fourth-order valence-corrected chi connectivity index (χ4v) is 6.32. The van der Waals surface area contributed by atoms with Crippen molar-refractivity contribution in [2.75, 3.05) is 4.72 Å². The quantitative estimate of drug-likeness (QED) is 0.392. The molecule has 1 aromatic heterocycles. The minimum absolute atomic E-state index is 0.00559. The highest BCUT2D eigenvalue weighted by molar-refractivity contribution is 7.92. The summed E-state index contributed by atoms with van der Waals surface area (Å²) in [6, 6.07) is 23.3. The fraction of sp³-hybridized carbons (Fsp3) is 0.214. The third-order valence-corrected chi connectivity index (χ3v) is 8.22. The zero-order valence-corrected chi connectivity index (χ0v) is 20.3. The number of nitrogens with zero attached hydrogens (tertiary/aromatic N) is 2. The molecule has 0 saturated carbocycles. The van der Waals surface area contributed by atoms with Crippen LogP contribution in [0.4, 0.5) is 5.95 Å². The summed E-state index contributed by atoms with van der Waals surface area (Å²) in [7, 11) is -3.87. The molecule has 4 aromatic rings. The second-order valence-corrected chi connectivity index (χ2v) is 11.0. The standard InChI is InChI=1S/C28H25N3O3S/c1-17-7-5-8-18(2)26(17)24-16-25-30-28(29-24)31-35(32,33)22-11-6-9-19(14-22)13-21-15-20-10-3-4-12-23(20)27(21)34-25/h3-12,14,16,21,27H,13,15H2,1-2H3,(H,29,30,31)/t21-,27-/m1/s1. The number of ether oxygens (including phenoxy) is 1. The van der Waals surface area contributed by atoms with Crippen molar-refractivity contribution in [2.24, 2.45) is 5.92 Å². The number of aromatic nitrogens is 2. The second-order valence-electron chi connectivity index (χ2n) is 9.34. The zero-order chi connectivity index (χ0) is 24.2. The molecule has 0 spiro atoms. The number of fused-ring (bicyclic) bond motifs is 7. The molecule has 1 aliphatic heterocycles. The van der Waals surface area contributed by atoms with Crippen LogP contribution in [0.5, 0.6) is 5.88 Å². The van der Waals surface area contributed by atoms with E-state index in [0.717, 1.165) is 34.2 Å². The first kappa shape index (κ1) is 21.8. The van der Waals surface area contributed by atoms with Crippen molar-refractivity contribution in [3.63, 3.8) is 0 Å². The Morgan fingerprint density at radius 2 is 1.66 bits per heavy atom. The Labute approximate surface area is 205 Å². The number of anilines is 1. The highest BCUT2D eigenvalue weighted by Crippen LogP contribution is 2.42. The van der Waals surface area contributed by atoms with E-state index in [9.17, 15) is 8.42 Å². The van der Waals surface area contributed by atoms with Gasteiger partial charge in [-0.2, -0.15) is 4.98 Å². The van der Waals surface area contributed by atoms with Gasteiger partial charge in [-0.25, -0.2) is 18.1 Å². The van der Waals surface area contributed by atoms with Crippen molar-refractivity contribution < 1.29 is 13.2 Å². The van der Waals surface area contributed by atoms with Crippen LogP contribution in [0.2, 0.25) is 0 Å². The molecule has 6 rings (SSSR count). The lowest BCUT2D eigenvalue weighted by molar-refractivity contribution is 0.143. The van der Waals surface area contributed by atoms with Crippen LogP contribution in [-0.4, -0.2) is 18.4 Å². The van der Waals surface area contributed by atoms with Crippen molar-refractivity contribution in [3.8, 4) is 17.1 Å². The Kier molecular flexibility index (Phi) is 5.11. The Balaban J connectivity index is 1.56. The summed E-state index contributed by atoms with van der Waals surface area (Å²) >= 11 is 0. The van der Waals surface area contributed by atoms with E-state index in [-0.39, 0.29) is 22.9 Å². The number of hydrogen-bond acceptors (Lipinski definition) is 5. The normalized spacial score (nSPS) is 19.8. The third-order valence-electron chi connectivity index (χ3n) is 6.89. The first-order valence-corrected chi connectivity index (χ1v) is 13.2. The zero-order valence-electron chi connectivity index (χ0n) is 19.5. The van der Waals surface area contributed by atoms with Crippen molar-refractivity contribution >= 4 is 16.0 Å². The first-order valence-electron chi connectivity index (χ1n) is 11.7. The van der Waals surface area contributed by atoms with Crippen LogP contribution >= 0.6 is 0 Å². The predicted molar refractivity (Wildman–Crippen MR) is 135 cm³/mol. The van der Waals surface area contributed by atoms with Crippen LogP contribution in [-0.2, 0) is 22.9 Å². The molecule has 1 aliphatic carbocycles. The number of rotatable bonds is 1. The minimum atomic E-state index is -3.87. The monoisotopic (exact) mass is 483 g/mol. The lowest BCUT2D eigenvalue weighted by Gasteiger charge is -2.23. The summed E-state index contributed by atoms with van der Waals surface area (Å²) in [5, 5.41) is 0. The number of sulfonamides is 1. The molecule has 3 aromatic carbocycles. The topological polar surface area (TPSA) is 81.2 Å². The molecule has 0 radical (unpaired) electrons. The van der Waals surface area contributed by atoms with Gasteiger partial charge in [-0.3, -0.25) is 0 Å². The smallest absolute Gasteiger partial charge is 0.264 e. The minimum Gasteiger partial charge on any atom is -0.469 e. The van der Waals surface area contributed by atoms with Crippen LogP contribution in [0.3, 0.4) is 0 Å². The highest BCUT2D eigenvalue weighted by Gasteiger charge is 2.35. The van der Waals surface area contributed by atoms with E-state index < -0.39 is 10.0 Å². The predicted octanol–water partition coefficient (Wildman–Crippen LogP) is 5.41. The van der Waals surface area contributed by atoms with Gasteiger partial charge in [0.2, 0.25) is 11.8 Å². The molecule has 7 heteroatoms. The lowest BCUT2D eigenvalue weighted by atomic mass is 9.94. The lowest BCUT2D eigenvalue weighted by Crippen LogP contribution is -2.20. The number of nitrogens with one attached hydrogen (secondary N) is 1. The van der Waals surface area contributed by atoms with E-state index in [1.54, 1.807) is 18.2 Å². The maximum atomic E-state index is 13.2. The summed E-state index contributed by atoms with van der Waals surface area (Å²) in [6.45, 7) is 4.03. The summed E-state index contributed by atoms with van der Waals surface area (Å²) < 4.78 is 35.6. The van der Waals surface area contributed by atoms with Crippen LogP contribution in [0.15, 0.2) is 77.7 Å². The maximum absolute atomic E-state index is 13.2. The molecule has 35 heavy (non-hydrogen) atoms.